The lowest BCUT2D eigenvalue weighted by Crippen LogP contribution is -2.26. The van der Waals surface area contributed by atoms with Crippen molar-refractivity contribution < 1.29 is 9.53 Å². The van der Waals surface area contributed by atoms with Crippen LogP contribution in [-0.2, 0) is 0 Å². The van der Waals surface area contributed by atoms with E-state index in [0.29, 0.717) is 41.8 Å². The van der Waals surface area contributed by atoms with Crippen LogP contribution < -0.4 is 15.4 Å². The SMILES string of the molecule is CCNC(c1ccc2c(c1)C(=O)NCCO2)C1CC1(C)C. The number of nitrogens with one attached hydrogen (secondary N) is 2. The van der Waals surface area contributed by atoms with E-state index in [1.165, 1.54) is 12.0 Å². The monoisotopic (exact) mass is 288 g/mol. The Hall–Kier alpha value is -1.55. The topological polar surface area (TPSA) is 50.4 Å². The highest BCUT2D eigenvalue weighted by atomic mass is 16.5. The zero-order chi connectivity index (χ0) is 15.0. The highest BCUT2D eigenvalue weighted by molar-refractivity contribution is 5.97. The first-order valence-electron chi connectivity index (χ1n) is 7.81. The molecular formula is C17H24N2O2. The molecular weight excluding hydrogens is 264 g/mol. The lowest BCUT2D eigenvalue weighted by molar-refractivity contribution is 0.0957. The van der Waals surface area contributed by atoms with Gasteiger partial charge in [0, 0.05) is 6.04 Å². The molecule has 2 unspecified atom stereocenters. The Morgan fingerprint density at radius 2 is 2.24 bits per heavy atom. The molecule has 2 N–H and O–H groups in total. The molecule has 1 heterocycles. The van der Waals surface area contributed by atoms with Gasteiger partial charge in [-0.15, -0.1) is 0 Å². The number of fused-ring (bicyclic) bond motifs is 1. The van der Waals surface area contributed by atoms with Crippen LogP contribution in [0.4, 0.5) is 0 Å². The third-order valence-corrected chi connectivity index (χ3v) is 4.67. The largest absolute Gasteiger partial charge is 0.491 e. The Morgan fingerprint density at radius 1 is 1.48 bits per heavy atom. The average molecular weight is 288 g/mol. The molecule has 0 spiro atoms. The van der Waals surface area contributed by atoms with E-state index in [2.05, 4.69) is 37.5 Å². The predicted molar refractivity (Wildman–Crippen MR) is 82.6 cm³/mol. The molecule has 1 aromatic rings. The second-order valence-electron chi connectivity index (χ2n) is 6.69. The molecule has 1 amide bonds. The van der Waals surface area contributed by atoms with Crippen molar-refractivity contribution in [2.75, 3.05) is 19.7 Å². The van der Waals surface area contributed by atoms with Crippen LogP contribution >= 0.6 is 0 Å². The Balaban J connectivity index is 1.92. The molecule has 1 saturated carbocycles. The van der Waals surface area contributed by atoms with Gasteiger partial charge in [-0.25, -0.2) is 0 Å². The molecule has 4 nitrogen and oxygen atoms in total. The fourth-order valence-corrected chi connectivity index (χ4v) is 3.25. The Bertz CT molecular complexity index is 554. The van der Waals surface area contributed by atoms with Gasteiger partial charge in [-0.2, -0.15) is 0 Å². The van der Waals surface area contributed by atoms with E-state index < -0.39 is 0 Å². The fourth-order valence-electron chi connectivity index (χ4n) is 3.25. The summed E-state index contributed by atoms with van der Waals surface area (Å²) >= 11 is 0. The molecule has 0 radical (unpaired) electrons. The summed E-state index contributed by atoms with van der Waals surface area (Å²) in [7, 11) is 0. The molecule has 114 valence electrons. The van der Waals surface area contributed by atoms with Gasteiger partial charge in [0.05, 0.1) is 12.1 Å². The predicted octanol–water partition coefficient (Wildman–Crippen LogP) is 2.51. The maximum Gasteiger partial charge on any atom is 0.255 e. The summed E-state index contributed by atoms with van der Waals surface area (Å²) in [6.45, 7) is 8.76. The van der Waals surface area contributed by atoms with Crippen LogP contribution in [0.3, 0.4) is 0 Å². The van der Waals surface area contributed by atoms with Gasteiger partial charge in [-0.1, -0.05) is 26.8 Å². The first-order chi connectivity index (χ1) is 10.0. The van der Waals surface area contributed by atoms with Crippen molar-refractivity contribution in [3.63, 3.8) is 0 Å². The molecule has 2 atom stereocenters. The van der Waals surface area contributed by atoms with E-state index in [1.54, 1.807) is 0 Å². The fraction of sp³-hybridized carbons (Fsp3) is 0.588. The van der Waals surface area contributed by atoms with E-state index in [9.17, 15) is 4.79 Å². The van der Waals surface area contributed by atoms with Crippen LogP contribution in [-0.4, -0.2) is 25.6 Å². The number of ether oxygens (including phenoxy) is 1. The second kappa shape index (κ2) is 5.34. The summed E-state index contributed by atoms with van der Waals surface area (Å²) in [6, 6.07) is 6.35. The number of amides is 1. The molecule has 0 bridgehead atoms. The Kier molecular flexibility index (Phi) is 3.66. The molecule has 1 aliphatic carbocycles. The van der Waals surface area contributed by atoms with Crippen LogP contribution in [0.15, 0.2) is 18.2 Å². The smallest absolute Gasteiger partial charge is 0.255 e. The highest BCUT2D eigenvalue weighted by Gasteiger charge is 2.50. The summed E-state index contributed by atoms with van der Waals surface area (Å²) in [5, 5.41) is 6.46. The third-order valence-electron chi connectivity index (χ3n) is 4.67. The van der Waals surface area contributed by atoms with Gasteiger partial charge < -0.3 is 15.4 Å². The van der Waals surface area contributed by atoms with Crippen molar-refractivity contribution in [3.8, 4) is 5.75 Å². The minimum atomic E-state index is -0.0327. The molecule has 1 fully saturated rings. The molecule has 3 rings (SSSR count). The summed E-state index contributed by atoms with van der Waals surface area (Å²) in [6.07, 6.45) is 1.23. The molecule has 0 saturated heterocycles. The van der Waals surface area contributed by atoms with Crippen molar-refractivity contribution in [3.05, 3.63) is 29.3 Å². The normalized spacial score (nSPS) is 24.3. The van der Waals surface area contributed by atoms with Gasteiger partial charge in [0.2, 0.25) is 0 Å². The van der Waals surface area contributed by atoms with Crippen LogP contribution in [0.25, 0.3) is 0 Å². The number of hydrogen-bond donors (Lipinski definition) is 2. The molecule has 0 aromatic heterocycles. The summed E-state index contributed by atoms with van der Waals surface area (Å²) in [4.78, 5) is 12.1. The highest BCUT2D eigenvalue weighted by Crippen LogP contribution is 2.57. The first kappa shape index (κ1) is 14.4. The van der Waals surface area contributed by atoms with Crippen molar-refractivity contribution in [1.29, 1.82) is 0 Å². The summed E-state index contributed by atoms with van der Waals surface area (Å²) in [5.74, 6) is 1.29. The molecule has 4 heteroatoms. The maximum absolute atomic E-state index is 12.1. The van der Waals surface area contributed by atoms with Gasteiger partial charge in [0.1, 0.15) is 12.4 Å². The van der Waals surface area contributed by atoms with E-state index in [0.717, 1.165) is 6.54 Å². The number of carbonyl (C=O) groups is 1. The number of benzene rings is 1. The Morgan fingerprint density at radius 3 is 2.90 bits per heavy atom. The summed E-state index contributed by atoms with van der Waals surface area (Å²) in [5.41, 5.74) is 2.23. The van der Waals surface area contributed by atoms with Crippen LogP contribution in [0.2, 0.25) is 0 Å². The minimum absolute atomic E-state index is 0.0327. The Labute approximate surface area is 126 Å². The average Bonchev–Trinajstić information content (AvgIpc) is 3.13. The standard InChI is InChI=1S/C17H24N2O2/c1-4-18-15(13-10-17(13,2)3)11-5-6-14-12(9-11)16(20)19-7-8-21-14/h5-6,9,13,15,18H,4,7-8,10H2,1-3H3,(H,19,20). The second-order valence-corrected chi connectivity index (χ2v) is 6.69. The number of hydrogen-bond acceptors (Lipinski definition) is 3. The van der Waals surface area contributed by atoms with Gasteiger partial charge in [-0.3, -0.25) is 4.79 Å². The molecule has 2 aliphatic rings. The quantitative estimate of drug-likeness (QED) is 0.895. The minimum Gasteiger partial charge on any atom is -0.491 e. The number of carbonyl (C=O) groups excluding carboxylic acids is 1. The first-order valence-corrected chi connectivity index (χ1v) is 7.81. The van der Waals surface area contributed by atoms with Crippen LogP contribution in [0.1, 0.15) is 49.2 Å². The lowest BCUT2D eigenvalue weighted by atomic mass is 9.95. The zero-order valence-electron chi connectivity index (χ0n) is 13.0. The van der Waals surface area contributed by atoms with Crippen molar-refractivity contribution in [2.45, 2.75) is 33.2 Å². The van der Waals surface area contributed by atoms with Gasteiger partial charge in [0.15, 0.2) is 0 Å². The van der Waals surface area contributed by atoms with Crippen molar-refractivity contribution in [2.24, 2.45) is 11.3 Å². The van der Waals surface area contributed by atoms with E-state index in [4.69, 9.17) is 4.74 Å². The number of rotatable bonds is 4. The van der Waals surface area contributed by atoms with E-state index >= 15 is 0 Å². The maximum atomic E-state index is 12.1. The van der Waals surface area contributed by atoms with E-state index in [1.807, 2.05) is 12.1 Å². The van der Waals surface area contributed by atoms with Crippen LogP contribution in [0.5, 0.6) is 5.75 Å². The molecule has 1 aromatic carbocycles. The van der Waals surface area contributed by atoms with Crippen molar-refractivity contribution in [1.82, 2.24) is 10.6 Å². The van der Waals surface area contributed by atoms with Gasteiger partial charge >= 0.3 is 0 Å². The molecule has 21 heavy (non-hydrogen) atoms. The summed E-state index contributed by atoms with van der Waals surface area (Å²) < 4.78 is 5.63. The molecule has 1 aliphatic heterocycles. The van der Waals surface area contributed by atoms with Crippen LogP contribution in [0, 0.1) is 11.3 Å². The van der Waals surface area contributed by atoms with E-state index in [-0.39, 0.29) is 5.91 Å². The lowest BCUT2D eigenvalue weighted by Gasteiger charge is -2.21. The van der Waals surface area contributed by atoms with Crippen molar-refractivity contribution >= 4 is 5.91 Å². The zero-order valence-corrected chi connectivity index (χ0v) is 13.0. The third kappa shape index (κ3) is 2.77. The van der Waals surface area contributed by atoms with Gasteiger partial charge in [-0.05, 0) is 42.0 Å². The van der Waals surface area contributed by atoms with Gasteiger partial charge in [0.25, 0.3) is 5.91 Å².